The highest BCUT2D eigenvalue weighted by molar-refractivity contribution is 5.94. The van der Waals surface area contributed by atoms with Crippen molar-refractivity contribution < 1.29 is 4.79 Å². The smallest absolute Gasteiger partial charge is 0.251 e. The summed E-state index contributed by atoms with van der Waals surface area (Å²) in [6, 6.07) is 7.85. The normalized spacial score (nSPS) is 11.1. The van der Waals surface area contributed by atoms with Crippen molar-refractivity contribution in [1.29, 1.82) is 0 Å². The van der Waals surface area contributed by atoms with Gasteiger partial charge in [0.2, 0.25) is 0 Å². The van der Waals surface area contributed by atoms with Crippen LogP contribution in [0.2, 0.25) is 0 Å². The number of benzene rings is 1. The molecule has 1 aromatic carbocycles. The second kappa shape index (κ2) is 6.89. The number of unbranched alkanes of at least 4 members (excludes halogenated alkanes) is 1. The highest BCUT2D eigenvalue weighted by Crippen LogP contribution is 2.07. The largest absolute Gasteiger partial charge is 0.350 e. The van der Waals surface area contributed by atoms with Gasteiger partial charge in [0.15, 0.2) is 0 Å². The molecule has 1 rings (SSSR count). The second-order valence-corrected chi connectivity index (χ2v) is 4.44. The van der Waals surface area contributed by atoms with E-state index in [1.54, 1.807) is 0 Å². The monoisotopic (exact) mass is 231 g/mol. The van der Waals surface area contributed by atoms with E-state index in [1.807, 2.05) is 38.1 Å². The van der Waals surface area contributed by atoms with Crippen LogP contribution in [0.3, 0.4) is 0 Å². The minimum atomic E-state index is -0.0101. The summed E-state index contributed by atoms with van der Waals surface area (Å²) in [5.41, 5.74) is 1.85. The van der Waals surface area contributed by atoms with E-state index in [0.29, 0.717) is 5.56 Å². The second-order valence-electron chi connectivity index (χ2n) is 4.44. The summed E-state index contributed by atoms with van der Waals surface area (Å²) < 4.78 is 0. The first-order valence-electron chi connectivity index (χ1n) is 6.21. The Hall–Kier alpha value is -1.57. The lowest BCUT2D eigenvalue weighted by atomic mass is 10.1. The Bertz CT molecular complexity index is 376. The van der Waals surface area contributed by atoms with Crippen molar-refractivity contribution in [3.8, 4) is 0 Å². The van der Waals surface area contributed by atoms with Gasteiger partial charge in [0.25, 0.3) is 5.91 Å². The van der Waals surface area contributed by atoms with Crippen LogP contribution >= 0.6 is 0 Å². The zero-order chi connectivity index (χ0) is 12.7. The molecule has 0 aliphatic heterocycles. The van der Waals surface area contributed by atoms with Gasteiger partial charge in [0.1, 0.15) is 0 Å². The fraction of sp³-hybridized carbons (Fsp3) is 0.400. The zero-order valence-electron chi connectivity index (χ0n) is 10.9. The van der Waals surface area contributed by atoms with E-state index in [2.05, 4.69) is 24.4 Å². The Labute approximate surface area is 104 Å². The molecule has 0 radical (unpaired) electrons. The third-order valence-corrected chi connectivity index (χ3v) is 2.36. The molecule has 0 fully saturated rings. The maximum absolute atomic E-state index is 11.7. The Morgan fingerprint density at radius 2 is 1.94 bits per heavy atom. The van der Waals surface area contributed by atoms with Crippen molar-refractivity contribution in [2.24, 2.45) is 0 Å². The van der Waals surface area contributed by atoms with Crippen molar-refractivity contribution in [3.63, 3.8) is 0 Å². The molecule has 0 aliphatic rings. The number of hydrogen-bond acceptors (Lipinski definition) is 1. The van der Waals surface area contributed by atoms with Gasteiger partial charge in [0, 0.05) is 11.6 Å². The van der Waals surface area contributed by atoms with E-state index in [0.717, 1.165) is 18.4 Å². The van der Waals surface area contributed by atoms with Gasteiger partial charge < -0.3 is 5.32 Å². The number of amides is 1. The topological polar surface area (TPSA) is 29.1 Å². The van der Waals surface area contributed by atoms with Crippen molar-refractivity contribution in [1.82, 2.24) is 5.32 Å². The van der Waals surface area contributed by atoms with Crippen LogP contribution < -0.4 is 5.32 Å². The summed E-state index contributed by atoms with van der Waals surface area (Å²) in [6.07, 6.45) is 6.50. The van der Waals surface area contributed by atoms with Crippen LogP contribution in [0.5, 0.6) is 0 Å². The molecule has 0 aliphatic carbocycles. The van der Waals surface area contributed by atoms with Gasteiger partial charge in [-0.3, -0.25) is 4.79 Å². The van der Waals surface area contributed by atoms with Crippen LogP contribution in [0.4, 0.5) is 0 Å². The summed E-state index contributed by atoms with van der Waals surface area (Å²) in [5, 5.41) is 2.87. The number of carbonyl (C=O) groups excluding carboxylic acids is 1. The first-order chi connectivity index (χ1) is 8.13. The average molecular weight is 231 g/mol. The molecular weight excluding hydrogens is 210 g/mol. The van der Waals surface area contributed by atoms with E-state index in [1.165, 1.54) is 0 Å². The number of carbonyl (C=O) groups is 1. The van der Waals surface area contributed by atoms with E-state index in [9.17, 15) is 4.79 Å². The maximum Gasteiger partial charge on any atom is 0.251 e. The molecule has 0 atom stereocenters. The van der Waals surface area contributed by atoms with Gasteiger partial charge in [-0.05, 0) is 38.0 Å². The first-order valence-corrected chi connectivity index (χ1v) is 6.21. The SMILES string of the molecule is CCCC=Cc1ccc(C(=O)NC(C)C)cc1. The van der Waals surface area contributed by atoms with Crippen LogP contribution in [0.25, 0.3) is 6.08 Å². The third-order valence-electron chi connectivity index (χ3n) is 2.36. The molecule has 0 spiro atoms. The minimum Gasteiger partial charge on any atom is -0.350 e. The molecule has 92 valence electrons. The molecule has 0 heterocycles. The van der Waals surface area contributed by atoms with Gasteiger partial charge in [-0.25, -0.2) is 0 Å². The Balaban J connectivity index is 2.64. The van der Waals surface area contributed by atoms with Gasteiger partial charge in [-0.2, -0.15) is 0 Å². The Morgan fingerprint density at radius 1 is 1.29 bits per heavy atom. The number of allylic oxidation sites excluding steroid dienone is 1. The molecule has 1 N–H and O–H groups in total. The highest BCUT2D eigenvalue weighted by Gasteiger charge is 2.05. The number of hydrogen-bond donors (Lipinski definition) is 1. The summed E-state index contributed by atoms with van der Waals surface area (Å²) in [5.74, 6) is -0.0101. The number of rotatable bonds is 5. The van der Waals surface area contributed by atoms with E-state index >= 15 is 0 Å². The molecular formula is C15H21NO. The van der Waals surface area contributed by atoms with Crippen LogP contribution in [-0.4, -0.2) is 11.9 Å². The van der Waals surface area contributed by atoms with E-state index in [-0.39, 0.29) is 11.9 Å². The van der Waals surface area contributed by atoms with E-state index in [4.69, 9.17) is 0 Å². The Morgan fingerprint density at radius 3 is 2.47 bits per heavy atom. The fourth-order valence-electron chi connectivity index (χ4n) is 1.48. The molecule has 0 saturated carbocycles. The van der Waals surface area contributed by atoms with Crippen LogP contribution in [0.15, 0.2) is 30.3 Å². The van der Waals surface area contributed by atoms with Gasteiger partial charge >= 0.3 is 0 Å². The highest BCUT2D eigenvalue weighted by atomic mass is 16.1. The molecule has 0 saturated heterocycles. The van der Waals surface area contributed by atoms with Crippen molar-refractivity contribution in [2.75, 3.05) is 0 Å². The minimum absolute atomic E-state index is 0.0101. The van der Waals surface area contributed by atoms with Crippen molar-refractivity contribution in [3.05, 3.63) is 41.5 Å². The maximum atomic E-state index is 11.7. The predicted molar refractivity (Wildman–Crippen MR) is 73.0 cm³/mol. The standard InChI is InChI=1S/C15H21NO/c1-4-5-6-7-13-8-10-14(11-9-13)15(17)16-12(2)3/h6-12H,4-5H2,1-3H3,(H,16,17). The average Bonchev–Trinajstić information content (AvgIpc) is 2.29. The molecule has 0 unspecified atom stereocenters. The molecule has 1 amide bonds. The predicted octanol–water partition coefficient (Wildman–Crippen LogP) is 3.64. The lowest BCUT2D eigenvalue weighted by Crippen LogP contribution is -2.29. The zero-order valence-corrected chi connectivity index (χ0v) is 10.9. The van der Waals surface area contributed by atoms with Gasteiger partial charge in [-0.15, -0.1) is 0 Å². The lowest BCUT2D eigenvalue weighted by molar-refractivity contribution is 0.0943. The van der Waals surface area contributed by atoms with Crippen molar-refractivity contribution in [2.45, 2.75) is 39.7 Å². The van der Waals surface area contributed by atoms with E-state index < -0.39 is 0 Å². The molecule has 2 heteroatoms. The summed E-state index contributed by atoms with van der Waals surface area (Å²) >= 11 is 0. The van der Waals surface area contributed by atoms with Crippen LogP contribution in [-0.2, 0) is 0 Å². The lowest BCUT2D eigenvalue weighted by Gasteiger charge is -2.08. The van der Waals surface area contributed by atoms with Crippen LogP contribution in [0, 0.1) is 0 Å². The summed E-state index contributed by atoms with van der Waals surface area (Å²) in [4.78, 5) is 11.7. The third kappa shape index (κ3) is 4.85. The first kappa shape index (κ1) is 13.5. The molecule has 0 aromatic heterocycles. The Kier molecular flexibility index (Phi) is 5.47. The van der Waals surface area contributed by atoms with Gasteiger partial charge in [-0.1, -0.05) is 37.6 Å². The van der Waals surface area contributed by atoms with Gasteiger partial charge in [0.05, 0.1) is 0 Å². The fourth-order valence-corrected chi connectivity index (χ4v) is 1.48. The summed E-state index contributed by atoms with van der Waals surface area (Å²) in [6.45, 7) is 6.07. The van der Waals surface area contributed by atoms with Crippen molar-refractivity contribution >= 4 is 12.0 Å². The molecule has 17 heavy (non-hydrogen) atoms. The molecule has 0 bridgehead atoms. The molecule has 2 nitrogen and oxygen atoms in total. The quantitative estimate of drug-likeness (QED) is 0.823. The van der Waals surface area contributed by atoms with Crippen LogP contribution in [0.1, 0.15) is 49.5 Å². The summed E-state index contributed by atoms with van der Waals surface area (Å²) in [7, 11) is 0. The molecule has 1 aromatic rings. The number of nitrogens with one attached hydrogen (secondary N) is 1.